The molecule has 0 spiro atoms. The highest BCUT2D eigenvalue weighted by molar-refractivity contribution is 7.15. The Morgan fingerprint density at radius 2 is 2.14 bits per heavy atom. The first-order chi connectivity index (χ1) is 10.0. The Hall–Kier alpha value is -2.26. The predicted octanol–water partition coefficient (Wildman–Crippen LogP) is 2.09. The molecule has 0 aliphatic carbocycles. The van der Waals surface area contributed by atoms with Crippen LogP contribution in [-0.2, 0) is 4.74 Å². The number of nitrogens with zero attached hydrogens (tertiary/aromatic N) is 3. The van der Waals surface area contributed by atoms with Gasteiger partial charge in [0.05, 0.1) is 12.7 Å². The minimum absolute atomic E-state index is 0.0688. The summed E-state index contributed by atoms with van der Waals surface area (Å²) in [6.45, 7) is 1.86. The van der Waals surface area contributed by atoms with Crippen molar-refractivity contribution in [1.29, 1.82) is 0 Å². The van der Waals surface area contributed by atoms with Gasteiger partial charge in [0.2, 0.25) is 11.0 Å². The second-order valence-electron chi connectivity index (χ2n) is 4.04. The van der Waals surface area contributed by atoms with E-state index in [1.165, 1.54) is 30.6 Å². The summed E-state index contributed by atoms with van der Waals surface area (Å²) in [7, 11) is 3.00. The van der Waals surface area contributed by atoms with E-state index in [2.05, 4.69) is 20.5 Å². The average Bonchev–Trinajstić information content (AvgIpc) is 2.94. The summed E-state index contributed by atoms with van der Waals surface area (Å²) in [5, 5.41) is 21.1. The monoisotopic (exact) mass is 310 g/mol. The zero-order chi connectivity index (χ0) is 15.4. The molecule has 21 heavy (non-hydrogen) atoms. The van der Waals surface area contributed by atoms with Crippen molar-refractivity contribution >= 4 is 28.3 Å². The minimum atomic E-state index is -1.07. The normalized spacial score (nSPS) is 12.0. The Kier molecular flexibility index (Phi) is 4.66. The fourth-order valence-electron chi connectivity index (χ4n) is 1.46. The second-order valence-corrected chi connectivity index (χ2v) is 5.05. The first kappa shape index (κ1) is 15.1. The molecular weight excluding hydrogens is 296 g/mol. The largest absolute Gasteiger partial charge is 0.481 e. The highest BCUT2D eigenvalue weighted by atomic mass is 32.1. The summed E-state index contributed by atoms with van der Waals surface area (Å²) in [6.07, 6.45) is -0.161. The number of pyridine rings is 1. The highest BCUT2D eigenvalue weighted by Crippen LogP contribution is 2.26. The predicted molar refractivity (Wildman–Crippen MR) is 76.4 cm³/mol. The van der Waals surface area contributed by atoms with Gasteiger partial charge in [-0.1, -0.05) is 11.3 Å². The van der Waals surface area contributed by atoms with Gasteiger partial charge < -0.3 is 19.9 Å². The van der Waals surface area contributed by atoms with Crippen molar-refractivity contribution in [2.75, 3.05) is 19.5 Å². The number of carboxylic acid groups (broad SMARTS) is 1. The van der Waals surface area contributed by atoms with E-state index in [1.54, 1.807) is 7.11 Å². The minimum Gasteiger partial charge on any atom is -0.481 e. The van der Waals surface area contributed by atoms with E-state index in [1.807, 2.05) is 6.92 Å². The van der Waals surface area contributed by atoms with Gasteiger partial charge in [0.15, 0.2) is 0 Å². The van der Waals surface area contributed by atoms with Crippen LogP contribution in [0.2, 0.25) is 0 Å². The molecule has 0 bridgehead atoms. The second kappa shape index (κ2) is 6.46. The summed E-state index contributed by atoms with van der Waals surface area (Å²) < 4.78 is 10.1. The first-order valence-corrected chi connectivity index (χ1v) is 6.77. The summed E-state index contributed by atoms with van der Waals surface area (Å²) >= 11 is 1.30. The Labute approximate surface area is 124 Å². The van der Waals surface area contributed by atoms with Crippen LogP contribution in [0, 0.1) is 0 Å². The molecule has 2 rings (SSSR count). The molecule has 0 aliphatic rings. The molecule has 0 amide bonds. The zero-order valence-corrected chi connectivity index (χ0v) is 12.5. The van der Waals surface area contributed by atoms with E-state index in [-0.39, 0.29) is 17.5 Å². The molecular formula is C12H14N4O4S. The molecule has 0 saturated carbocycles. The third kappa shape index (κ3) is 3.64. The quantitative estimate of drug-likeness (QED) is 0.835. The van der Waals surface area contributed by atoms with E-state index in [0.29, 0.717) is 16.0 Å². The standard InChI is InChI=1S/C12H14N4O4S/c1-6(19-2)10-15-16-12(21-10)14-8-4-7(11(17)18)5-9(13-8)20-3/h4-6H,1-3H3,(H,17,18)(H,13,14,16). The van der Waals surface area contributed by atoms with Crippen LogP contribution in [0.25, 0.3) is 0 Å². The average molecular weight is 310 g/mol. The van der Waals surface area contributed by atoms with Crippen molar-refractivity contribution in [2.45, 2.75) is 13.0 Å². The van der Waals surface area contributed by atoms with Crippen LogP contribution in [0.3, 0.4) is 0 Å². The van der Waals surface area contributed by atoms with Crippen molar-refractivity contribution in [3.63, 3.8) is 0 Å². The number of rotatable bonds is 6. The Morgan fingerprint density at radius 3 is 2.76 bits per heavy atom. The summed E-state index contributed by atoms with van der Waals surface area (Å²) in [4.78, 5) is 15.2. The topological polar surface area (TPSA) is 106 Å². The van der Waals surface area contributed by atoms with Gasteiger partial charge in [-0.05, 0) is 13.0 Å². The van der Waals surface area contributed by atoms with Crippen LogP contribution in [0.15, 0.2) is 12.1 Å². The van der Waals surface area contributed by atoms with Gasteiger partial charge in [-0.2, -0.15) is 4.98 Å². The van der Waals surface area contributed by atoms with Crippen molar-refractivity contribution < 1.29 is 19.4 Å². The van der Waals surface area contributed by atoms with Crippen molar-refractivity contribution in [3.05, 3.63) is 22.7 Å². The molecule has 0 aromatic carbocycles. The van der Waals surface area contributed by atoms with Crippen molar-refractivity contribution in [1.82, 2.24) is 15.2 Å². The van der Waals surface area contributed by atoms with E-state index >= 15 is 0 Å². The molecule has 0 fully saturated rings. The van der Waals surface area contributed by atoms with Gasteiger partial charge in [-0.25, -0.2) is 4.79 Å². The molecule has 1 unspecified atom stereocenters. The lowest BCUT2D eigenvalue weighted by Crippen LogP contribution is -2.02. The molecule has 2 aromatic heterocycles. The zero-order valence-electron chi connectivity index (χ0n) is 11.7. The number of aromatic nitrogens is 3. The fourth-order valence-corrected chi connectivity index (χ4v) is 2.24. The van der Waals surface area contributed by atoms with Crippen LogP contribution >= 0.6 is 11.3 Å². The SMILES string of the molecule is COc1cc(C(=O)O)cc(Nc2nnc(C(C)OC)s2)n1. The molecule has 1 atom stereocenters. The number of anilines is 2. The third-order valence-corrected chi connectivity index (χ3v) is 3.63. The van der Waals surface area contributed by atoms with Crippen molar-refractivity contribution in [2.24, 2.45) is 0 Å². The maximum Gasteiger partial charge on any atom is 0.336 e. The van der Waals surface area contributed by atoms with Crippen molar-refractivity contribution in [3.8, 4) is 5.88 Å². The molecule has 2 aromatic rings. The van der Waals surface area contributed by atoms with E-state index < -0.39 is 5.97 Å². The lowest BCUT2D eigenvalue weighted by Gasteiger charge is -2.06. The molecule has 8 nitrogen and oxygen atoms in total. The van der Waals surface area contributed by atoms with Crippen LogP contribution in [0.4, 0.5) is 10.9 Å². The van der Waals surface area contributed by atoms with Crippen LogP contribution in [-0.4, -0.2) is 40.5 Å². The van der Waals surface area contributed by atoms with Crippen LogP contribution in [0.5, 0.6) is 5.88 Å². The molecule has 112 valence electrons. The van der Waals surface area contributed by atoms with Crippen LogP contribution in [0.1, 0.15) is 28.4 Å². The lowest BCUT2D eigenvalue weighted by atomic mass is 10.2. The van der Waals surface area contributed by atoms with Gasteiger partial charge in [-0.3, -0.25) is 0 Å². The smallest absolute Gasteiger partial charge is 0.336 e. The number of carbonyl (C=O) groups is 1. The number of aromatic carboxylic acids is 1. The first-order valence-electron chi connectivity index (χ1n) is 5.96. The maximum atomic E-state index is 11.1. The number of nitrogens with one attached hydrogen (secondary N) is 1. The van der Waals surface area contributed by atoms with Crippen LogP contribution < -0.4 is 10.1 Å². The molecule has 0 radical (unpaired) electrons. The van der Waals surface area contributed by atoms with Gasteiger partial charge in [0.1, 0.15) is 16.9 Å². The summed E-state index contributed by atoms with van der Waals surface area (Å²) in [5.74, 6) is -0.545. The Balaban J connectivity index is 2.24. The number of methoxy groups -OCH3 is 2. The van der Waals surface area contributed by atoms with Gasteiger partial charge in [-0.15, -0.1) is 10.2 Å². The Bertz CT molecular complexity index is 646. The molecule has 2 heterocycles. The van der Waals surface area contributed by atoms with Gasteiger partial charge in [0.25, 0.3) is 0 Å². The number of hydrogen-bond donors (Lipinski definition) is 2. The molecule has 2 N–H and O–H groups in total. The van der Waals surface area contributed by atoms with E-state index in [0.717, 1.165) is 0 Å². The fraction of sp³-hybridized carbons (Fsp3) is 0.333. The highest BCUT2D eigenvalue weighted by Gasteiger charge is 2.13. The molecule has 9 heteroatoms. The third-order valence-electron chi connectivity index (χ3n) is 2.63. The Morgan fingerprint density at radius 1 is 1.38 bits per heavy atom. The van der Waals surface area contributed by atoms with Gasteiger partial charge >= 0.3 is 5.97 Å². The number of carboxylic acids is 1. The number of ether oxygens (including phenoxy) is 2. The van der Waals surface area contributed by atoms with Gasteiger partial charge in [0, 0.05) is 13.2 Å². The summed E-state index contributed by atoms with van der Waals surface area (Å²) in [6, 6.07) is 2.73. The molecule has 0 aliphatic heterocycles. The lowest BCUT2D eigenvalue weighted by molar-refractivity contribution is 0.0696. The maximum absolute atomic E-state index is 11.1. The molecule has 0 saturated heterocycles. The summed E-state index contributed by atoms with van der Waals surface area (Å²) in [5.41, 5.74) is 0.0688. The van der Waals surface area contributed by atoms with E-state index in [4.69, 9.17) is 14.6 Å². The van der Waals surface area contributed by atoms with E-state index in [9.17, 15) is 4.79 Å². The number of hydrogen-bond acceptors (Lipinski definition) is 8.